The number of nitrogens with one attached hydrogen (secondary N) is 1. The predicted molar refractivity (Wildman–Crippen MR) is 129 cm³/mol. The molecule has 0 bridgehead atoms. The number of carbonyl (C=O) groups is 3. The predicted octanol–water partition coefficient (Wildman–Crippen LogP) is 4.87. The largest absolute Gasteiger partial charge is 0.493 e. The van der Waals surface area contributed by atoms with Crippen LogP contribution in [-0.2, 0) is 16.0 Å². The Balaban J connectivity index is 1.81. The highest BCUT2D eigenvalue weighted by Gasteiger charge is 2.36. The van der Waals surface area contributed by atoms with Crippen molar-refractivity contribution in [2.75, 3.05) is 26.1 Å². The molecule has 0 radical (unpaired) electrons. The van der Waals surface area contributed by atoms with Gasteiger partial charge in [0, 0.05) is 10.0 Å². The molecule has 2 aromatic rings. The number of halogens is 1. The van der Waals surface area contributed by atoms with Crippen molar-refractivity contribution in [1.82, 2.24) is 4.90 Å². The summed E-state index contributed by atoms with van der Waals surface area (Å²) in [6, 6.07) is 10.6. The van der Waals surface area contributed by atoms with E-state index in [4.69, 9.17) is 9.47 Å². The van der Waals surface area contributed by atoms with Gasteiger partial charge in [-0.15, -0.1) is 6.58 Å². The van der Waals surface area contributed by atoms with Crippen LogP contribution < -0.4 is 14.8 Å². The van der Waals surface area contributed by atoms with E-state index in [1.807, 2.05) is 12.1 Å². The van der Waals surface area contributed by atoms with Crippen molar-refractivity contribution < 1.29 is 23.9 Å². The van der Waals surface area contributed by atoms with Crippen LogP contribution in [0.4, 0.5) is 10.5 Å². The van der Waals surface area contributed by atoms with Crippen LogP contribution in [-0.4, -0.2) is 42.7 Å². The van der Waals surface area contributed by atoms with Crippen molar-refractivity contribution in [2.45, 2.75) is 6.42 Å². The van der Waals surface area contributed by atoms with Crippen molar-refractivity contribution in [2.24, 2.45) is 0 Å². The molecule has 0 saturated carbocycles. The van der Waals surface area contributed by atoms with Gasteiger partial charge in [0.1, 0.15) is 6.54 Å². The quantitative estimate of drug-likeness (QED) is 0.398. The van der Waals surface area contributed by atoms with Crippen LogP contribution in [0, 0.1) is 0 Å². The third-order valence-electron chi connectivity index (χ3n) is 4.56. The molecule has 0 atom stereocenters. The van der Waals surface area contributed by atoms with Crippen molar-refractivity contribution in [3.05, 3.63) is 69.6 Å². The maximum absolute atomic E-state index is 12.8. The highest BCUT2D eigenvalue weighted by Crippen LogP contribution is 2.37. The Morgan fingerprint density at radius 2 is 1.97 bits per heavy atom. The molecule has 166 valence electrons. The molecule has 1 N–H and O–H groups in total. The lowest BCUT2D eigenvalue weighted by Gasteiger charge is -2.14. The van der Waals surface area contributed by atoms with Gasteiger partial charge in [0.05, 0.1) is 24.8 Å². The summed E-state index contributed by atoms with van der Waals surface area (Å²) in [5.74, 6) is 0.0914. The lowest BCUT2D eigenvalue weighted by molar-refractivity contribution is -0.127. The first-order chi connectivity index (χ1) is 15.4. The number of thioether (sulfide) groups is 1. The minimum atomic E-state index is -0.526. The molecule has 0 unspecified atom stereocenters. The number of carbonyl (C=O) groups excluding carboxylic acids is 3. The molecule has 1 aliphatic heterocycles. The van der Waals surface area contributed by atoms with Gasteiger partial charge in [-0.05, 0) is 70.0 Å². The van der Waals surface area contributed by atoms with Gasteiger partial charge in [-0.1, -0.05) is 18.2 Å². The van der Waals surface area contributed by atoms with E-state index in [0.717, 1.165) is 22.2 Å². The number of imide groups is 1. The second kappa shape index (κ2) is 10.5. The third-order valence-corrected chi connectivity index (χ3v) is 6.16. The Labute approximate surface area is 198 Å². The first-order valence-electron chi connectivity index (χ1n) is 9.53. The summed E-state index contributed by atoms with van der Waals surface area (Å²) in [6.45, 7) is 3.37. The summed E-state index contributed by atoms with van der Waals surface area (Å²) in [5, 5.41) is 2.19. The Bertz CT molecular complexity index is 1120. The fourth-order valence-corrected chi connectivity index (χ4v) is 4.36. The first kappa shape index (κ1) is 23.6. The SMILES string of the molecule is C=CCc1cc(/C=C2\SC(=O)N(CC(=O)Nc3ccccc3Br)C2=O)cc(OC)c1OC. The number of ether oxygens (including phenoxy) is 2. The number of allylic oxidation sites excluding steroid dienone is 1. The van der Waals surface area contributed by atoms with Crippen LogP contribution in [0.5, 0.6) is 11.5 Å². The second-order valence-corrected chi connectivity index (χ2v) is 8.55. The molecule has 0 aliphatic carbocycles. The third kappa shape index (κ3) is 5.23. The molecule has 1 aliphatic rings. The number of para-hydroxylation sites is 1. The second-order valence-electron chi connectivity index (χ2n) is 6.70. The summed E-state index contributed by atoms with van der Waals surface area (Å²) < 4.78 is 11.5. The monoisotopic (exact) mass is 516 g/mol. The number of methoxy groups -OCH3 is 2. The number of rotatable bonds is 8. The Kier molecular flexibility index (Phi) is 7.76. The maximum atomic E-state index is 12.8. The van der Waals surface area contributed by atoms with E-state index in [1.54, 1.807) is 43.5 Å². The zero-order valence-electron chi connectivity index (χ0n) is 17.5. The maximum Gasteiger partial charge on any atom is 0.294 e. The van der Waals surface area contributed by atoms with Crippen LogP contribution in [0.15, 0.2) is 58.4 Å². The molecule has 32 heavy (non-hydrogen) atoms. The molecule has 1 heterocycles. The summed E-state index contributed by atoms with van der Waals surface area (Å²) >= 11 is 4.13. The lowest BCUT2D eigenvalue weighted by Crippen LogP contribution is -2.36. The van der Waals surface area contributed by atoms with Crippen LogP contribution in [0.3, 0.4) is 0 Å². The number of benzene rings is 2. The van der Waals surface area contributed by atoms with Gasteiger partial charge in [0.2, 0.25) is 5.91 Å². The number of hydrogen-bond donors (Lipinski definition) is 1. The van der Waals surface area contributed by atoms with E-state index < -0.39 is 17.1 Å². The van der Waals surface area contributed by atoms with E-state index in [-0.39, 0.29) is 11.4 Å². The molecule has 7 nitrogen and oxygen atoms in total. The molecule has 1 fully saturated rings. The van der Waals surface area contributed by atoms with Crippen molar-refractivity contribution in [1.29, 1.82) is 0 Å². The molecule has 1 saturated heterocycles. The van der Waals surface area contributed by atoms with Gasteiger partial charge < -0.3 is 14.8 Å². The zero-order valence-corrected chi connectivity index (χ0v) is 19.9. The smallest absolute Gasteiger partial charge is 0.294 e. The number of hydrogen-bond acceptors (Lipinski definition) is 6. The normalized spacial score (nSPS) is 14.6. The molecular formula is C23H21BrN2O5S. The Morgan fingerprint density at radius 1 is 1.22 bits per heavy atom. The van der Waals surface area contributed by atoms with Gasteiger partial charge in [-0.2, -0.15) is 0 Å². The standard InChI is InChI=1S/C23H21BrN2O5S/c1-4-7-15-10-14(11-18(30-2)21(15)31-3)12-19-22(28)26(23(29)32-19)13-20(27)25-17-9-6-5-8-16(17)24/h4-6,8-12H,1,7,13H2,2-3H3,(H,25,27)/b19-12-. The van der Waals surface area contributed by atoms with Crippen LogP contribution >= 0.6 is 27.7 Å². The van der Waals surface area contributed by atoms with E-state index >= 15 is 0 Å². The van der Waals surface area contributed by atoms with Gasteiger partial charge in [-0.25, -0.2) is 0 Å². The lowest BCUT2D eigenvalue weighted by atomic mass is 10.0. The van der Waals surface area contributed by atoms with E-state index in [0.29, 0.717) is 33.6 Å². The van der Waals surface area contributed by atoms with E-state index in [1.165, 1.54) is 7.11 Å². The van der Waals surface area contributed by atoms with Gasteiger partial charge >= 0.3 is 0 Å². The number of anilines is 1. The fourth-order valence-electron chi connectivity index (χ4n) is 3.14. The molecule has 0 spiro atoms. The van der Waals surface area contributed by atoms with E-state index in [2.05, 4.69) is 27.8 Å². The number of nitrogens with zero attached hydrogens (tertiary/aromatic N) is 1. The van der Waals surface area contributed by atoms with Gasteiger partial charge in [0.15, 0.2) is 11.5 Å². The van der Waals surface area contributed by atoms with Crippen molar-refractivity contribution >= 4 is 56.5 Å². The summed E-state index contributed by atoms with van der Waals surface area (Å²) in [6.07, 6.45) is 3.88. The minimum absolute atomic E-state index is 0.223. The van der Waals surface area contributed by atoms with Gasteiger partial charge in [-0.3, -0.25) is 19.3 Å². The summed E-state index contributed by atoms with van der Waals surface area (Å²) in [4.78, 5) is 38.8. The Hall–Kier alpha value is -3.04. The van der Waals surface area contributed by atoms with E-state index in [9.17, 15) is 14.4 Å². The fraction of sp³-hybridized carbons (Fsp3) is 0.174. The zero-order chi connectivity index (χ0) is 23.3. The molecule has 9 heteroatoms. The summed E-state index contributed by atoms with van der Waals surface area (Å²) in [5.41, 5.74) is 2.06. The minimum Gasteiger partial charge on any atom is -0.493 e. The molecule has 0 aromatic heterocycles. The van der Waals surface area contributed by atoms with Crippen LogP contribution in [0.2, 0.25) is 0 Å². The topological polar surface area (TPSA) is 84.9 Å². The van der Waals surface area contributed by atoms with Crippen LogP contribution in [0.25, 0.3) is 6.08 Å². The molecule has 3 rings (SSSR count). The Morgan fingerprint density at radius 3 is 2.62 bits per heavy atom. The average molecular weight is 517 g/mol. The molecule has 2 aromatic carbocycles. The highest BCUT2D eigenvalue weighted by atomic mass is 79.9. The van der Waals surface area contributed by atoms with Gasteiger partial charge in [0.25, 0.3) is 11.1 Å². The molecule has 3 amide bonds. The van der Waals surface area contributed by atoms with Crippen molar-refractivity contribution in [3.63, 3.8) is 0 Å². The average Bonchev–Trinajstić information content (AvgIpc) is 3.02. The first-order valence-corrected chi connectivity index (χ1v) is 11.1. The van der Waals surface area contributed by atoms with Crippen molar-refractivity contribution in [3.8, 4) is 11.5 Å². The van der Waals surface area contributed by atoms with Crippen LogP contribution in [0.1, 0.15) is 11.1 Å². The highest BCUT2D eigenvalue weighted by molar-refractivity contribution is 9.10. The molecular weight excluding hydrogens is 496 g/mol. The summed E-state index contributed by atoms with van der Waals surface area (Å²) in [7, 11) is 3.07. The number of amides is 3.